The largest absolute Gasteiger partial charge is 0.455 e. The van der Waals surface area contributed by atoms with Crippen LogP contribution in [0.2, 0.25) is 5.02 Å². The summed E-state index contributed by atoms with van der Waals surface area (Å²) in [5, 5.41) is 4.79. The Morgan fingerprint density at radius 3 is 2.82 bits per heavy atom. The highest BCUT2D eigenvalue weighted by atomic mass is 35.5. The summed E-state index contributed by atoms with van der Waals surface area (Å²) in [6.45, 7) is 0. The minimum Gasteiger partial charge on any atom is -0.455 e. The average molecular weight is 261 g/mol. The Balaban J connectivity index is 1.99. The van der Waals surface area contributed by atoms with E-state index in [1.807, 2.05) is 24.4 Å². The van der Waals surface area contributed by atoms with Crippen molar-refractivity contribution < 1.29 is 4.74 Å². The van der Waals surface area contributed by atoms with Crippen molar-refractivity contribution in [3.05, 3.63) is 53.1 Å². The van der Waals surface area contributed by atoms with E-state index in [0.717, 1.165) is 21.6 Å². The van der Waals surface area contributed by atoms with Crippen molar-refractivity contribution in [3.63, 3.8) is 0 Å². The maximum absolute atomic E-state index is 5.82. The van der Waals surface area contributed by atoms with Gasteiger partial charge in [-0.05, 0) is 30.3 Å². The van der Waals surface area contributed by atoms with Crippen LogP contribution in [0.5, 0.6) is 11.5 Å². The van der Waals surface area contributed by atoms with Crippen LogP contribution in [0.25, 0.3) is 10.1 Å². The van der Waals surface area contributed by atoms with E-state index in [9.17, 15) is 0 Å². The quantitative estimate of drug-likeness (QED) is 0.675. The molecule has 1 radical (unpaired) electrons. The Hall–Kier alpha value is -1.58. The van der Waals surface area contributed by atoms with Crippen LogP contribution in [0.1, 0.15) is 0 Å². The number of thiophene rings is 1. The van der Waals surface area contributed by atoms with Gasteiger partial charge in [-0.15, -0.1) is 11.3 Å². The number of rotatable bonds is 2. The van der Waals surface area contributed by atoms with Gasteiger partial charge >= 0.3 is 0 Å². The van der Waals surface area contributed by atoms with Gasteiger partial charge in [0.1, 0.15) is 5.75 Å². The van der Waals surface area contributed by atoms with Gasteiger partial charge in [-0.3, -0.25) is 4.98 Å². The second-order valence-electron chi connectivity index (χ2n) is 3.47. The average Bonchev–Trinajstić information content (AvgIpc) is 2.81. The highest BCUT2D eigenvalue weighted by molar-refractivity contribution is 7.16. The van der Waals surface area contributed by atoms with Crippen molar-refractivity contribution in [2.75, 3.05) is 0 Å². The van der Waals surface area contributed by atoms with Gasteiger partial charge in [0, 0.05) is 22.0 Å². The number of hydrogen-bond donors (Lipinski definition) is 0. The molecule has 3 rings (SSSR count). The van der Waals surface area contributed by atoms with Crippen molar-refractivity contribution >= 4 is 33.0 Å². The first-order valence-corrected chi connectivity index (χ1v) is 6.19. The molecule has 2 nitrogen and oxygen atoms in total. The van der Waals surface area contributed by atoms with Crippen molar-refractivity contribution in [2.24, 2.45) is 0 Å². The lowest BCUT2D eigenvalue weighted by Crippen LogP contribution is -1.85. The maximum atomic E-state index is 5.82. The summed E-state index contributed by atoms with van der Waals surface area (Å²) < 4.78 is 6.84. The minimum absolute atomic E-state index is 0.692. The van der Waals surface area contributed by atoms with Crippen LogP contribution in [0.15, 0.2) is 42.7 Å². The molecule has 2 aromatic heterocycles. The lowest BCUT2D eigenvalue weighted by molar-refractivity contribution is 0.486. The molecule has 0 aliphatic heterocycles. The van der Waals surface area contributed by atoms with Crippen molar-refractivity contribution in [2.45, 2.75) is 0 Å². The number of halogens is 1. The standard InChI is InChI=1S/C13H7ClNOS/c14-9-1-3-10(4-2-9)16-12-7-15-8-13-11(12)5-6-17-13/h1-5,7-8H. The summed E-state index contributed by atoms with van der Waals surface area (Å²) in [7, 11) is 0. The molecule has 0 N–H and O–H groups in total. The molecule has 0 spiro atoms. The minimum atomic E-state index is 0.692. The summed E-state index contributed by atoms with van der Waals surface area (Å²) in [5.74, 6) is 1.48. The van der Waals surface area contributed by atoms with E-state index in [2.05, 4.69) is 10.4 Å². The molecule has 4 heteroatoms. The Bertz CT molecular complexity index is 648. The Labute approximate surface area is 107 Å². The summed E-state index contributed by atoms with van der Waals surface area (Å²) in [6.07, 6.45) is 3.52. The summed E-state index contributed by atoms with van der Waals surface area (Å²) in [4.78, 5) is 4.14. The zero-order chi connectivity index (χ0) is 11.7. The SMILES string of the molecule is Clc1ccc(Oc2cncc3s[c]cc23)cc1. The van der Waals surface area contributed by atoms with Gasteiger partial charge in [0.25, 0.3) is 0 Å². The fraction of sp³-hybridized carbons (Fsp3) is 0. The molecule has 0 aliphatic rings. The highest BCUT2D eigenvalue weighted by Crippen LogP contribution is 2.31. The summed E-state index contributed by atoms with van der Waals surface area (Å²) in [5.41, 5.74) is 0. The van der Waals surface area contributed by atoms with Gasteiger partial charge < -0.3 is 4.74 Å². The monoisotopic (exact) mass is 260 g/mol. The third-order valence-corrected chi connectivity index (χ3v) is 3.36. The Morgan fingerprint density at radius 2 is 2.00 bits per heavy atom. The fourth-order valence-electron chi connectivity index (χ4n) is 1.52. The Morgan fingerprint density at radius 1 is 1.18 bits per heavy atom. The zero-order valence-electron chi connectivity index (χ0n) is 8.68. The topological polar surface area (TPSA) is 22.1 Å². The molecular weight excluding hydrogens is 254 g/mol. The predicted molar refractivity (Wildman–Crippen MR) is 70.0 cm³/mol. The molecule has 83 valence electrons. The van der Waals surface area contributed by atoms with Crippen LogP contribution < -0.4 is 4.74 Å². The first-order chi connectivity index (χ1) is 8.33. The maximum Gasteiger partial charge on any atom is 0.154 e. The summed E-state index contributed by atoms with van der Waals surface area (Å²) in [6, 6.07) is 9.16. The molecule has 0 saturated carbocycles. The van der Waals surface area contributed by atoms with E-state index in [0.29, 0.717) is 5.02 Å². The van der Waals surface area contributed by atoms with Crippen LogP contribution in [-0.4, -0.2) is 4.98 Å². The normalized spacial score (nSPS) is 10.6. The number of aromatic nitrogens is 1. The molecule has 3 aromatic rings. The van der Waals surface area contributed by atoms with Crippen LogP contribution in [0.3, 0.4) is 0 Å². The fourth-order valence-corrected chi connectivity index (χ4v) is 2.33. The van der Waals surface area contributed by atoms with Gasteiger partial charge in [-0.25, -0.2) is 0 Å². The van der Waals surface area contributed by atoms with Crippen LogP contribution >= 0.6 is 22.9 Å². The third kappa shape index (κ3) is 2.12. The molecule has 17 heavy (non-hydrogen) atoms. The van der Waals surface area contributed by atoms with Gasteiger partial charge in [-0.1, -0.05) is 11.6 Å². The molecule has 0 aliphatic carbocycles. The van der Waals surface area contributed by atoms with E-state index >= 15 is 0 Å². The first kappa shape index (κ1) is 10.6. The van der Waals surface area contributed by atoms with Gasteiger partial charge in [0.2, 0.25) is 0 Å². The predicted octanol–water partition coefficient (Wildman–Crippen LogP) is 4.54. The third-order valence-electron chi connectivity index (χ3n) is 2.33. The second-order valence-corrected chi connectivity index (χ2v) is 4.79. The zero-order valence-corrected chi connectivity index (χ0v) is 10.3. The first-order valence-electron chi connectivity index (χ1n) is 5.00. The van der Waals surface area contributed by atoms with Crippen molar-refractivity contribution in [1.82, 2.24) is 4.98 Å². The van der Waals surface area contributed by atoms with E-state index in [4.69, 9.17) is 16.3 Å². The van der Waals surface area contributed by atoms with Crippen LogP contribution in [0, 0.1) is 5.38 Å². The lowest BCUT2D eigenvalue weighted by atomic mass is 10.3. The van der Waals surface area contributed by atoms with Crippen molar-refractivity contribution in [1.29, 1.82) is 0 Å². The smallest absolute Gasteiger partial charge is 0.154 e. The summed E-state index contributed by atoms with van der Waals surface area (Å²) >= 11 is 7.35. The highest BCUT2D eigenvalue weighted by Gasteiger charge is 2.05. The lowest BCUT2D eigenvalue weighted by Gasteiger charge is -2.06. The number of pyridine rings is 1. The molecule has 0 fully saturated rings. The molecule has 0 atom stereocenters. The molecule has 1 aromatic carbocycles. The van der Waals surface area contributed by atoms with E-state index in [1.54, 1.807) is 18.3 Å². The van der Waals surface area contributed by atoms with Crippen LogP contribution in [-0.2, 0) is 0 Å². The number of fused-ring (bicyclic) bond motifs is 1. The van der Waals surface area contributed by atoms with E-state index in [1.165, 1.54) is 11.3 Å². The molecule has 0 saturated heterocycles. The molecule has 0 amide bonds. The molecule has 2 heterocycles. The van der Waals surface area contributed by atoms with Crippen molar-refractivity contribution in [3.8, 4) is 11.5 Å². The second kappa shape index (κ2) is 4.35. The van der Waals surface area contributed by atoms with Crippen LogP contribution in [0.4, 0.5) is 0 Å². The number of ether oxygens (including phenoxy) is 1. The Kier molecular flexibility index (Phi) is 2.71. The molecule has 0 unspecified atom stereocenters. The van der Waals surface area contributed by atoms with Gasteiger partial charge in [-0.2, -0.15) is 0 Å². The molecule has 0 bridgehead atoms. The van der Waals surface area contributed by atoms with E-state index < -0.39 is 0 Å². The number of nitrogens with zero attached hydrogens (tertiary/aromatic N) is 1. The van der Waals surface area contributed by atoms with Gasteiger partial charge in [0.05, 0.1) is 10.9 Å². The van der Waals surface area contributed by atoms with Gasteiger partial charge in [0.15, 0.2) is 5.75 Å². The molecular formula is C13H7ClNOS. The number of benzene rings is 1. The van der Waals surface area contributed by atoms with E-state index in [-0.39, 0.29) is 0 Å². The number of hydrogen-bond acceptors (Lipinski definition) is 3.